The summed E-state index contributed by atoms with van der Waals surface area (Å²) in [6.07, 6.45) is 3.49. The van der Waals surface area contributed by atoms with Crippen LogP contribution in [0.3, 0.4) is 0 Å². The van der Waals surface area contributed by atoms with Gasteiger partial charge in [0.15, 0.2) is 0 Å². The molecular formula is C9H17N3O. The molecule has 0 aliphatic heterocycles. The summed E-state index contributed by atoms with van der Waals surface area (Å²) >= 11 is 0. The van der Waals surface area contributed by atoms with Gasteiger partial charge in [-0.2, -0.15) is 0 Å². The van der Waals surface area contributed by atoms with E-state index in [2.05, 4.69) is 4.98 Å². The van der Waals surface area contributed by atoms with Crippen molar-refractivity contribution in [2.24, 2.45) is 18.7 Å². The molecule has 2 atom stereocenters. The van der Waals surface area contributed by atoms with Crippen LogP contribution < -0.4 is 5.73 Å². The predicted molar refractivity (Wildman–Crippen MR) is 51.0 cm³/mol. The van der Waals surface area contributed by atoms with Crippen LogP contribution in [-0.2, 0) is 12.6 Å². The van der Waals surface area contributed by atoms with E-state index in [0.29, 0.717) is 12.2 Å². The van der Waals surface area contributed by atoms with Gasteiger partial charge in [-0.1, -0.05) is 6.92 Å². The zero-order valence-electron chi connectivity index (χ0n) is 8.36. The SMILES string of the molecule is CC(CN)C(C)(O)c1cn(C)cn1. The third-order valence-electron chi connectivity index (χ3n) is 2.54. The summed E-state index contributed by atoms with van der Waals surface area (Å²) in [5.41, 5.74) is 5.25. The quantitative estimate of drug-likeness (QED) is 0.704. The minimum absolute atomic E-state index is 0.00222. The third-order valence-corrected chi connectivity index (χ3v) is 2.54. The highest BCUT2D eigenvalue weighted by Crippen LogP contribution is 2.26. The molecule has 0 fully saturated rings. The zero-order chi connectivity index (χ0) is 10.1. The number of aryl methyl sites for hydroxylation is 1. The summed E-state index contributed by atoms with van der Waals surface area (Å²) in [5.74, 6) is 0.00222. The Labute approximate surface area is 78.4 Å². The van der Waals surface area contributed by atoms with Crippen molar-refractivity contribution in [3.63, 3.8) is 0 Å². The molecule has 0 aliphatic carbocycles. The molecule has 0 saturated heterocycles. The van der Waals surface area contributed by atoms with Crippen LogP contribution >= 0.6 is 0 Å². The van der Waals surface area contributed by atoms with Crippen molar-refractivity contribution < 1.29 is 5.11 Å². The Kier molecular flexibility index (Phi) is 2.73. The lowest BCUT2D eigenvalue weighted by Gasteiger charge is -2.27. The van der Waals surface area contributed by atoms with Crippen LogP contribution in [-0.4, -0.2) is 21.2 Å². The standard InChI is InChI=1S/C9H17N3O/c1-7(4-10)9(2,13)8-5-12(3)6-11-8/h5-7,13H,4,10H2,1-3H3. The van der Waals surface area contributed by atoms with E-state index in [1.54, 1.807) is 13.3 Å². The van der Waals surface area contributed by atoms with Crippen molar-refractivity contribution in [2.75, 3.05) is 6.54 Å². The number of aliphatic hydroxyl groups is 1. The largest absolute Gasteiger partial charge is 0.383 e. The minimum atomic E-state index is -0.935. The molecule has 74 valence electrons. The fourth-order valence-electron chi connectivity index (χ4n) is 1.16. The maximum atomic E-state index is 10.1. The van der Waals surface area contributed by atoms with Crippen molar-refractivity contribution in [3.8, 4) is 0 Å². The Morgan fingerprint density at radius 1 is 1.77 bits per heavy atom. The van der Waals surface area contributed by atoms with Crippen molar-refractivity contribution in [3.05, 3.63) is 18.2 Å². The summed E-state index contributed by atoms with van der Waals surface area (Å²) in [5, 5.41) is 10.1. The number of nitrogens with zero attached hydrogens (tertiary/aromatic N) is 2. The van der Waals surface area contributed by atoms with Gasteiger partial charge in [-0.05, 0) is 13.5 Å². The molecule has 4 heteroatoms. The molecular weight excluding hydrogens is 166 g/mol. The van der Waals surface area contributed by atoms with Gasteiger partial charge in [0.2, 0.25) is 0 Å². The zero-order valence-corrected chi connectivity index (χ0v) is 8.36. The van der Waals surface area contributed by atoms with Crippen molar-refractivity contribution in [2.45, 2.75) is 19.4 Å². The normalized spacial score (nSPS) is 18.2. The number of aromatic nitrogens is 2. The molecule has 0 radical (unpaired) electrons. The summed E-state index contributed by atoms with van der Waals surface area (Å²) < 4.78 is 1.81. The van der Waals surface area contributed by atoms with Gasteiger partial charge in [0.05, 0.1) is 12.0 Å². The van der Waals surface area contributed by atoms with Gasteiger partial charge in [-0.25, -0.2) is 4.98 Å². The average Bonchev–Trinajstić information content (AvgIpc) is 2.50. The fourth-order valence-corrected chi connectivity index (χ4v) is 1.16. The van der Waals surface area contributed by atoms with Crippen LogP contribution in [0.1, 0.15) is 19.5 Å². The Morgan fingerprint density at radius 3 is 2.77 bits per heavy atom. The third kappa shape index (κ3) is 1.89. The topological polar surface area (TPSA) is 64.1 Å². The van der Waals surface area contributed by atoms with E-state index in [9.17, 15) is 5.11 Å². The van der Waals surface area contributed by atoms with Gasteiger partial charge in [0, 0.05) is 19.2 Å². The van der Waals surface area contributed by atoms with E-state index < -0.39 is 5.60 Å². The fraction of sp³-hybridized carbons (Fsp3) is 0.667. The minimum Gasteiger partial charge on any atom is -0.383 e. The monoisotopic (exact) mass is 183 g/mol. The molecule has 1 rings (SSSR count). The van der Waals surface area contributed by atoms with Crippen molar-refractivity contribution in [1.29, 1.82) is 0 Å². The summed E-state index contributed by atoms with van der Waals surface area (Å²) in [6, 6.07) is 0. The van der Waals surface area contributed by atoms with Crippen LogP contribution in [0.25, 0.3) is 0 Å². The lowest BCUT2D eigenvalue weighted by atomic mass is 9.88. The first-order chi connectivity index (χ1) is 5.98. The van der Waals surface area contributed by atoms with Gasteiger partial charge in [0.1, 0.15) is 5.60 Å². The maximum Gasteiger partial charge on any atom is 0.109 e. The Bertz CT molecular complexity index is 280. The van der Waals surface area contributed by atoms with Crippen LogP contribution in [0.4, 0.5) is 0 Å². The van der Waals surface area contributed by atoms with Gasteiger partial charge < -0.3 is 15.4 Å². The van der Waals surface area contributed by atoms with Crippen LogP contribution in [0.15, 0.2) is 12.5 Å². The molecule has 0 spiro atoms. The van der Waals surface area contributed by atoms with E-state index >= 15 is 0 Å². The van der Waals surface area contributed by atoms with Gasteiger partial charge in [-0.3, -0.25) is 0 Å². The number of hydrogen-bond acceptors (Lipinski definition) is 3. The molecule has 1 aromatic rings. The lowest BCUT2D eigenvalue weighted by Crippen LogP contribution is -2.35. The van der Waals surface area contributed by atoms with Gasteiger partial charge in [-0.15, -0.1) is 0 Å². The first-order valence-electron chi connectivity index (χ1n) is 4.39. The van der Waals surface area contributed by atoms with Crippen LogP contribution in [0.2, 0.25) is 0 Å². The Hall–Kier alpha value is -0.870. The van der Waals surface area contributed by atoms with Crippen molar-refractivity contribution >= 4 is 0 Å². The molecule has 0 aromatic carbocycles. The molecule has 2 unspecified atom stereocenters. The smallest absolute Gasteiger partial charge is 0.109 e. The van der Waals surface area contributed by atoms with Crippen molar-refractivity contribution in [1.82, 2.24) is 9.55 Å². The molecule has 0 aliphatic rings. The molecule has 1 aromatic heterocycles. The number of hydrogen-bond donors (Lipinski definition) is 2. The van der Waals surface area contributed by atoms with E-state index in [4.69, 9.17) is 5.73 Å². The molecule has 0 amide bonds. The van der Waals surface area contributed by atoms with Gasteiger partial charge >= 0.3 is 0 Å². The van der Waals surface area contributed by atoms with E-state index in [1.165, 1.54) is 0 Å². The van der Waals surface area contributed by atoms with Gasteiger partial charge in [0.25, 0.3) is 0 Å². The molecule has 1 heterocycles. The van der Waals surface area contributed by atoms with E-state index in [-0.39, 0.29) is 5.92 Å². The maximum absolute atomic E-state index is 10.1. The molecule has 3 N–H and O–H groups in total. The van der Waals surface area contributed by atoms with E-state index in [1.807, 2.05) is 24.7 Å². The number of imidazole rings is 1. The summed E-state index contributed by atoms with van der Waals surface area (Å²) in [6.45, 7) is 4.10. The van der Waals surface area contributed by atoms with Crippen LogP contribution in [0, 0.1) is 5.92 Å². The summed E-state index contributed by atoms with van der Waals surface area (Å²) in [4.78, 5) is 4.11. The number of rotatable bonds is 3. The summed E-state index contributed by atoms with van der Waals surface area (Å²) in [7, 11) is 1.87. The molecule has 4 nitrogen and oxygen atoms in total. The molecule has 0 saturated carbocycles. The predicted octanol–water partition coefficient (Wildman–Crippen LogP) is 0.222. The second-order valence-corrected chi connectivity index (χ2v) is 3.71. The van der Waals surface area contributed by atoms with E-state index in [0.717, 1.165) is 0 Å². The molecule has 13 heavy (non-hydrogen) atoms. The Balaban J connectivity index is 2.92. The highest BCUT2D eigenvalue weighted by atomic mass is 16.3. The second kappa shape index (κ2) is 3.47. The molecule has 0 bridgehead atoms. The average molecular weight is 183 g/mol. The lowest BCUT2D eigenvalue weighted by molar-refractivity contribution is 0.00137. The van der Waals surface area contributed by atoms with Crippen LogP contribution in [0.5, 0.6) is 0 Å². The number of nitrogens with two attached hydrogens (primary N) is 1. The second-order valence-electron chi connectivity index (χ2n) is 3.71. The first kappa shape index (κ1) is 10.2. The highest BCUT2D eigenvalue weighted by molar-refractivity contribution is 5.09. The highest BCUT2D eigenvalue weighted by Gasteiger charge is 2.31. The Morgan fingerprint density at radius 2 is 2.38 bits per heavy atom. The first-order valence-corrected chi connectivity index (χ1v) is 4.39.